The minimum atomic E-state index is -0.869. The molecule has 0 heterocycles. The van der Waals surface area contributed by atoms with E-state index in [0.717, 1.165) is 30.5 Å². The smallest absolute Gasteiger partial charge is 0.335 e. The number of carboxylic acid groups (broad SMARTS) is 1. The van der Waals surface area contributed by atoms with Gasteiger partial charge in [-0.1, -0.05) is 19.1 Å². The largest absolute Gasteiger partial charge is 0.478 e. The van der Waals surface area contributed by atoms with Gasteiger partial charge in [-0.15, -0.1) is 0 Å². The van der Waals surface area contributed by atoms with E-state index in [2.05, 4.69) is 12.2 Å². The highest BCUT2D eigenvalue weighted by Crippen LogP contribution is 2.36. The van der Waals surface area contributed by atoms with Crippen LogP contribution in [0.3, 0.4) is 0 Å². The van der Waals surface area contributed by atoms with Gasteiger partial charge in [-0.3, -0.25) is 0 Å². The maximum atomic E-state index is 10.6. The second-order valence-electron chi connectivity index (χ2n) is 4.61. The summed E-state index contributed by atoms with van der Waals surface area (Å²) in [5.41, 5.74) is 1.48. The molecule has 1 aromatic rings. The molecule has 3 nitrogen and oxygen atoms in total. The Labute approximate surface area is 95.5 Å². The van der Waals surface area contributed by atoms with E-state index in [4.69, 9.17) is 5.11 Å². The summed E-state index contributed by atoms with van der Waals surface area (Å²) in [6.07, 6.45) is 1.34. The Kier molecular flexibility index (Phi) is 3.25. The fourth-order valence-electron chi connectivity index (χ4n) is 1.85. The number of aromatic carboxylic acids is 1. The van der Waals surface area contributed by atoms with Gasteiger partial charge in [0.1, 0.15) is 0 Å². The highest BCUT2D eigenvalue weighted by atomic mass is 16.4. The molecule has 0 radical (unpaired) electrons. The van der Waals surface area contributed by atoms with Crippen molar-refractivity contribution in [2.45, 2.75) is 19.9 Å². The third-order valence-electron chi connectivity index (χ3n) is 3.21. The van der Waals surface area contributed by atoms with E-state index < -0.39 is 5.97 Å². The van der Waals surface area contributed by atoms with Gasteiger partial charge in [-0.25, -0.2) is 4.79 Å². The first-order chi connectivity index (χ1) is 7.66. The van der Waals surface area contributed by atoms with E-state index in [1.165, 1.54) is 6.42 Å². The Bertz CT molecular complexity index is 372. The van der Waals surface area contributed by atoms with Crippen LogP contribution in [0.4, 0.5) is 0 Å². The van der Waals surface area contributed by atoms with Crippen molar-refractivity contribution in [3.8, 4) is 0 Å². The van der Waals surface area contributed by atoms with Crippen molar-refractivity contribution in [1.82, 2.24) is 5.32 Å². The molecule has 0 amide bonds. The van der Waals surface area contributed by atoms with Crippen LogP contribution in [0.25, 0.3) is 0 Å². The highest BCUT2D eigenvalue weighted by molar-refractivity contribution is 5.87. The van der Waals surface area contributed by atoms with Gasteiger partial charge in [-0.2, -0.15) is 0 Å². The zero-order valence-corrected chi connectivity index (χ0v) is 9.44. The molecular formula is C13H17NO2. The SMILES string of the molecule is CC1CC1CNCc1ccc(C(=O)O)cc1. The molecule has 0 bridgehead atoms. The average molecular weight is 219 g/mol. The van der Waals surface area contributed by atoms with E-state index in [1.807, 2.05) is 12.1 Å². The van der Waals surface area contributed by atoms with Crippen molar-refractivity contribution in [2.24, 2.45) is 11.8 Å². The van der Waals surface area contributed by atoms with E-state index in [-0.39, 0.29) is 0 Å². The van der Waals surface area contributed by atoms with Crippen LogP contribution in [0.2, 0.25) is 0 Å². The van der Waals surface area contributed by atoms with E-state index in [0.29, 0.717) is 5.56 Å². The molecule has 2 rings (SSSR count). The topological polar surface area (TPSA) is 49.3 Å². The van der Waals surface area contributed by atoms with Crippen LogP contribution in [0.1, 0.15) is 29.3 Å². The molecule has 2 N–H and O–H groups in total. The van der Waals surface area contributed by atoms with Crippen molar-refractivity contribution in [1.29, 1.82) is 0 Å². The molecule has 0 aromatic heterocycles. The molecule has 1 aromatic carbocycles. The van der Waals surface area contributed by atoms with Gasteiger partial charge in [0.05, 0.1) is 5.56 Å². The summed E-state index contributed by atoms with van der Waals surface area (Å²) in [5, 5.41) is 12.1. The minimum Gasteiger partial charge on any atom is -0.478 e. The summed E-state index contributed by atoms with van der Waals surface area (Å²) in [7, 11) is 0. The first-order valence-electron chi connectivity index (χ1n) is 5.70. The number of nitrogens with one attached hydrogen (secondary N) is 1. The van der Waals surface area contributed by atoms with E-state index >= 15 is 0 Å². The fraction of sp³-hybridized carbons (Fsp3) is 0.462. The predicted octanol–water partition coefficient (Wildman–Crippen LogP) is 2.13. The molecule has 0 spiro atoms. The van der Waals surface area contributed by atoms with Crippen molar-refractivity contribution in [3.05, 3.63) is 35.4 Å². The Hall–Kier alpha value is -1.35. The molecule has 1 aliphatic rings. The zero-order valence-electron chi connectivity index (χ0n) is 9.44. The zero-order chi connectivity index (χ0) is 11.5. The van der Waals surface area contributed by atoms with E-state index in [9.17, 15) is 4.79 Å². The highest BCUT2D eigenvalue weighted by Gasteiger charge is 2.31. The number of carboxylic acids is 1. The summed E-state index contributed by atoms with van der Waals surface area (Å²) < 4.78 is 0. The molecule has 1 fully saturated rings. The average Bonchev–Trinajstić information content (AvgIpc) is 2.95. The number of hydrogen-bond acceptors (Lipinski definition) is 2. The molecule has 2 unspecified atom stereocenters. The second-order valence-corrected chi connectivity index (χ2v) is 4.61. The Morgan fingerprint density at radius 3 is 2.56 bits per heavy atom. The van der Waals surface area contributed by atoms with Crippen molar-refractivity contribution in [3.63, 3.8) is 0 Å². The molecular weight excluding hydrogens is 202 g/mol. The van der Waals surface area contributed by atoms with Gasteiger partial charge in [0.15, 0.2) is 0 Å². The maximum absolute atomic E-state index is 10.6. The van der Waals surface area contributed by atoms with Crippen molar-refractivity contribution >= 4 is 5.97 Å². The van der Waals surface area contributed by atoms with Gasteiger partial charge in [-0.05, 0) is 42.5 Å². The van der Waals surface area contributed by atoms with Gasteiger partial charge < -0.3 is 10.4 Å². The van der Waals surface area contributed by atoms with Crippen LogP contribution >= 0.6 is 0 Å². The van der Waals surface area contributed by atoms with Gasteiger partial charge >= 0.3 is 5.97 Å². The number of hydrogen-bond donors (Lipinski definition) is 2. The third-order valence-corrected chi connectivity index (χ3v) is 3.21. The molecule has 16 heavy (non-hydrogen) atoms. The number of rotatable bonds is 5. The number of benzene rings is 1. The molecule has 86 valence electrons. The van der Waals surface area contributed by atoms with Crippen molar-refractivity contribution < 1.29 is 9.90 Å². The second kappa shape index (κ2) is 4.66. The van der Waals surface area contributed by atoms with Crippen molar-refractivity contribution in [2.75, 3.05) is 6.54 Å². The molecule has 0 aliphatic heterocycles. The standard InChI is InChI=1S/C13H17NO2/c1-9-6-12(9)8-14-7-10-2-4-11(5-3-10)13(15)16/h2-5,9,12,14H,6-8H2,1H3,(H,15,16). The quantitative estimate of drug-likeness (QED) is 0.797. The van der Waals surface area contributed by atoms with Crippen LogP contribution in [-0.4, -0.2) is 17.6 Å². The Balaban J connectivity index is 1.78. The molecule has 1 aliphatic carbocycles. The van der Waals surface area contributed by atoms with Gasteiger partial charge in [0.2, 0.25) is 0 Å². The lowest BCUT2D eigenvalue weighted by Gasteiger charge is -2.04. The van der Waals surface area contributed by atoms with Crippen LogP contribution in [0, 0.1) is 11.8 Å². The Morgan fingerprint density at radius 2 is 2.06 bits per heavy atom. The lowest BCUT2D eigenvalue weighted by atomic mass is 10.1. The van der Waals surface area contributed by atoms with Crippen LogP contribution in [0.15, 0.2) is 24.3 Å². The number of carbonyl (C=O) groups is 1. The third kappa shape index (κ3) is 2.83. The molecule has 3 heteroatoms. The monoisotopic (exact) mass is 219 g/mol. The summed E-state index contributed by atoms with van der Waals surface area (Å²) in [6.45, 7) is 4.17. The van der Waals surface area contributed by atoms with Gasteiger partial charge in [0.25, 0.3) is 0 Å². The summed E-state index contributed by atoms with van der Waals surface area (Å²) >= 11 is 0. The lowest BCUT2D eigenvalue weighted by Crippen LogP contribution is -2.16. The minimum absolute atomic E-state index is 0.347. The summed E-state index contributed by atoms with van der Waals surface area (Å²) in [5.74, 6) is 0.853. The summed E-state index contributed by atoms with van der Waals surface area (Å²) in [6, 6.07) is 7.04. The molecule has 1 saturated carbocycles. The van der Waals surface area contributed by atoms with Gasteiger partial charge in [0, 0.05) is 6.54 Å². The summed E-state index contributed by atoms with van der Waals surface area (Å²) in [4.78, 5) is 10.6. The lowest BCUT2D eigenvalue weighted by molar-refractivity contribution is 0.0697. The Morgan fingerprint density at radius 1 is 1.44 bits per heavy atom. The van der Waals surface area contributed by atoms with Crippen LogP contribution in [0.5, 0.6) is 0 Å². The maximum Gasteiger partial charge on any atom is 0.335 e. The molecule has 2 atom stereocenters. The fourth-order valence-corrected chi connectivity index (χ4v) is 1.85. The first kappa shape index (κ1) is 11.1. The van der Waals surface area contributed by atoms with E-state index in [1.54, 1.807) is 12.1 Å². The predicted molar refractivity (Wildman–Crippen MR) is 62.4 cm³/mol. The first-order valence-corrected chi connectivity index (χ1v) is 5.70. The van der Waals surface area contributed by atoms with Crippen LogP contribution < -0.4 is 5.32 Å². The molecule has 0 saturated heterocycles. The normalized spacial score (nSPS) is 23.1. The van der Waals surface area contributed by atoms with Crippen LogP contribution in [-0.2, 0) is 6.54 Å².